The van der Waals surface area contributed by atoms with E-state index in [9.17, 15) is 0 Å². The van der Waals surface area contributed by atoms with Crippen molar-refractivity contribution in [3.05, 3.63) is 35.9 Å². The largest absolute Gasteiger partial charge is 0.377 e. The van der Waals surface area contributed by atoms with Crippen LogP contribution < -0.4 is 0 Å². The van der Waals surface area contributed by atoms with Crippen molar-refractivity contribution < 1.29 is 9.47 Å². The molecule has 2 aliphatic rings. The maximum atomic E-state index is 6.50. The molecule has 1 aromatic carbocycles. The van der Waals surface area contributed by atoms with Gasteiger partial charge >= 0.3 is 0 Å². The summed E-state index contributed by atoms with van der Waals surface area (Å²) in [5.74, 6) is 0. The second-order valence-electron chi connectivity index (χ2n) is 6.82. The molecule has 2 heterocycles. The standard InChI is InChI=1S/C17H28O2Si2.CH4/c20-16(10-4-6-12-18-16)17(11-5-7-13-19-17)21-14-15-8-2-1-3-9-15;/h1-3,8-9H,4-7,10-14,21H2,20H3;1H4. The van der Waals surface area contributed by atoms with Crippen LogP contribution >= 0.6 is 0 Å². The molecule has 4 heteroatoms. The summed E-state index contributed by atoms with van der Waals surface area (Å²) in [6.45, 7) is 1.91. The Morgan fingerprint density at radius 2 is 1.64 bits per heavy atom. The highest BCUT2D eigenvalue weighted by Crippen LogP contribution is 2.40. The first-order valence-electron chi connectivity index (χ1n) is 8.56. The summed E-state index contributed by atoms with van der Waals surface area (Å²) in [6, 6.07) is 12.2. The number of hydrogen-bond donors (Lipinski definition) is 0. The van der Waals surface area contributed by atoms with Gasteiger partial charge in [-0.1, -0.05) is 43.3 Å². The summed E-state index contributed by atoms with van der Waals surface area (Å²) in [6.07, 6.45) is 7.61. The van der Waals surface area contributed by atoms with Gasteiger partial charge in [-0.25, -0.2) is 0 Å². The predicted octanol–water partition coefficient (Wildman–Crippen LogP) is 2.15. The van der Waals surface area contributed by atoms with Gasteiger partial charge in [0.1, 0.15) is 0 Å². The maximum Gasteiger partial charge on any atom is 0.0764 e. The first-order valence-corrected chi connectivity index (χ1v) is 11.3. The predicted molar refractivity (Wildman–Crippen MR) is 100 cm³/mol. The third kappa shape index (κ3) is 3.73. The zero-order chi connectivity index (χ0) is 14.6. The van der Waals surface area contributed by atoms with Gasteiger partial charge in [-0.3, -0.25) is 0 Å². The Labute approximate surface area is 141 Å². The Balaban J connectivity index is 0.00000176. The molecule has 0 aromatic heterocycles. The molecule has 3 rings (SSSR count). The fourth-order valence-corrected chi connectivity index (χ4v) is 8.34. The summed E-state index contributed by atoms with van der Waals surface area (Å²) in [5.41, 5.74) is 1.48. The van der Waals surface area contributed by atoms with E-state index in [4.69, 9.17) is 9.47 Å². The Morgan fingerprint density at radius 3 is 2.23 bits per heavy atom. The van der Waals surface area contributed by atoms with Crippen LogP contribution in [0.15, 0.2) is 30.3 Å². The molecule has 0 aliphatic carbocycles. The highest BCUT2D eigenvalue weighted by atomic mass is 28.2. The van der Waals surface area contributed by atoms with Crippen molar-refractivity contribution in [1.82, 2.24) is 0 Å². The van der Waals surface area contributed by atoms with E-state index in [0.29, 0.717) is 0 Å². The molecule has 0 N–H and O–H groups in total. The molecule has 2 unspecified atom stereocenters. The van der Waals surface area contributed by atoms with Crippen molar-refractivity contribution in [2.45, 2.75) is 62.4 Å². The zero-order valence-electron chi connectivity index (χ0n) is 13.3. The maximum absolute atomic E-state index is 6.50. The lowest BCUT2D eigenvalue weighted by Gasteiger charge is -2.52. The van der Waals surface area contributed by atoms with E-state index in [1.807, 2.05) is 0 Å². The van der Waals surface area contributed by atoms with Gasteiger partial charge in [0.25, 0.3) is 0 Å². The number of hydrogen-bond acceptors (Lipinski definition) is 2. The van der Waals surface area contributed by atoms with Gasteiger partial charge in [0.2, 0.25) is 0 Å². The van der Waals surface area contributed by atoms with Crippen LogP contribution in [0.25, 0.3) is 0 Å². The zero-order valence-corrected chi connectivity index (χ0v) is 16.7. The summed E-state index contributed by atoms with van der Waals surface area (Å²) < 4.78 is 12.9. The quantitative estimate of drug-likeness (QED) is 0.785. The van der Waals surface area contributed by atoms with Crippen LogP contribution in [-0.4, -0.2) is 43.4 Å². The summed E-state index contributed by atoms with van der Waals surface area (Å²) in [4.78, 5) is 0. The highest BCUT2D eigenvalue weighted by molar-refractivity contribution is 6.42. The van der Waals surface area contributed by atoms with Gasteiger partial charge in [0, 0.05) is 23.5 Å². The second kappa shape index (κ2) is 7.91. The molecule has 1 aromatic rings. The van der Waals surface area contributed by atoms with Crippen LogP contribution in [-0.2, 0) is 15.5 Å². The van der Waals surface area contributed by atoms with Crippen molar-refractivity contribution in [3.63, 3.8) is 0 Å². The van der Waals surface area contributed by atoms with Gasteiger partial charge in [0.15, 0.2) is 0 Å². The molecule has 2 fully saturated rings. The Hall–Kier alpha value is -0.426. The number of rotatable bonds is 4. The minimum absolute atomic E-state index is 0. The monoisotopic (exact) mass is 336 g/mol. The van der Waals surface area contributed by atoms with Crippen molar-refractivity contribution in [2.75, 3.05) is 13.2 Å². The lowest BCUT2D eigenvalue weighted by Crippen LogP contribution is -2.64. The first kappa shape index (κ1) is 17.9. The smallest absolute Gasteiger partial charge is 0.0764 e. The minimum atomic E-state index is -0.354. The van der Waals surface area contributed by atoms with Crippen LogP contribution in [0.1, 0.15) is 51.5 Å². The first-order chi connectivity index (χ1) is 10.2. The molecule has 0 saturated carbocycles. The molecule has 124 valence electrons. The molecule has 0 radical (unpaired) electrons. The summed E-state index contributed by atoms with van der Waals surface area (Å²) in [7, 11) is 0.755. The lowest BCUT2D eigenvalue weighted by molar-refractivity contribution is -0.159. The van der Waals surface area contributed by atoms with Crippen molar-refractivity contribution in [1.29, 1.82) is 0 Å². The molecule has 2 saturated heterocycles. The highest BCUT2D eigenvalue weighted by Gasteiger charge is 2.50. The molecule has 0 spiro atoms. The van der Waals surface area contributed by atoms with Gasteiger partial charge < -0.3 is 9.47 Å². The van der Waals surface area contributed by atoms with Gasteiger partial charge in [0.05, 0.1) is 20.0 Å². The third-order valence-corrected chi connectivity index (χ3v) is 10.8. The fraction of sp³-hybridized carbons (Fsp3) is 0.667. The van der Waals surface area contributed by atoms with Crippen LogP contribution in [0, 0.1) is 0 Å². The lowest BCUT2D eigenvalue weighted by atomic mass is 9.96. The van der Waals surface area contributed by atoms with E-state index in [1.165, 1.54) is 50.1 Å². The topological polar surface area (TPSA) is 18.5 Å². The average molecular weight is 337 g/mol. The van der Waals surface area contributed by atoms with E-state index >= 15 is 0 Å². The Morgan fingerprint density at radius 1 is 0.955 bits per heavy atom. The molecule has 2 aliphatic heterocycles. The van der Waals surface area contributed by atoms with Crippen molar-refractivity contribution >= 4 is 19.8 Å². The van der Waals surface area contributed by atoms with E-state index in [1.54, 1.807) is 0 Å². The Kier molecular flexibility index (Phi) is 6.44. The number of benzene rings is 1. The second-order valence-corrected chi connectivity index (χ2v) is 10.6. The fourth-order valence-electron chi connectivity index (χ4n) is 4.02. The molecule has 0 bridgehead atoms. The summed E-state index contributed by atoms with van der Waals surface area (Å²) >= 11 is 0. The van der Waals surface area contributed by atoms with Crippen LogP contribution in [0.2, 0.25) is 0 Å². The molecular formula is C18H32O2Si2. The Bertz CT molecular complexity index is 438. The van der Waals surface area contributed by atoms with E-state index in [-0.39, 0.29) is 27.4 Å². The number of ether oxygens (including phenoxy) is 2. The SMILES string of the molecule is C.[SiH3]C1(C2([SiH2]Cc3ccccc3)CCCCO2)CCCCO1. The van der Waals surface area contributed by atoms with Crippen LogP contribution in [0.5, 0.6) is 0 Å². The summed E-state index contributed by atoms with van der Waals surface area (Å²) in [5, 5.41) is 0.223. The van der Waals surface area contributed by atoms with Crippen LogP contribution in [0.4, 0.5) is 0 Å². The molecule has 2 nitrogen and oxygen atoms in total. The van der Waals surface area contributed by atoms with Gasteiger partial charge in [-0.05, 0) is 44.6 Å². The van der Waals surface area contributed by atoms with Crippen molar-refractivity contribution in [2.24, 2.45) is 0 Å². The molecule has 0 amide bonds. The normalized spacial score (nSPS) is 32.9. The van der Waals surface area contributed by atoms with Crippen LogP contribution in [0.3, 0.4) is 0 Å². The van der Waals surface area contributed by atoms with Crippen molar-refractivity contribution in [3.8, 4) is 0 Å². The van der Waals surface area contributed by atoms with E-state index in [2.05, 4.69) is 30.3 Å². The van der Waals surface area contributed by atoms with Gasteiger partial charge in [-0.2, -0.15) is 0 Å². The third-order valence-electron chi connectivity index (χ3n) is 5.45. The van der Waals surface area contributed by atoms with E-state index in [0.717, 1.165) is 23.5 Å². The molecule has 22 heavy (non-hydrogen) atoms. The van der Waals surface area contributed by atoms with E-state index < -0.39 is 0 Å². The molecular weight excluding hydrogens is 304 g/mol. The molecule has 2 atom stereocenters. The average Bonchev–Trinajstić information content (AvgIpc) is 2.55. The van der Waals surface area contributed by atoms with Gasteiger partial charge in [-0.15, -0.1) is 0 Å². The minimum Gasteiger partial charge on any atom is -0.377 e.